The van der Waals surface area contributed by atoms with Gasteiger partial charge in [-0.1, -0.05) is 163 Å². The zero-order chi connectivity index (χ0) is 53.8. The van der Waals surface area contributed by atoms with Crippen LogP contribution in [0.1, 0.15) is 52.7 Å². The monoisotopic (exact) mass is 1030 g/mol. The van der Waals surface area contributed by atoms with Crippen LogP contribution in [0.3, 0.4) is 0 Å². The van der Waals surface area contributed by atoms with E-state index in [2.05, 4.69) is 245 Å². The molecule has 0 N–H and O–H groups in total. The van der Waals surface area contributed by atoms with Crippen LogP contribution < -0.4 is 9.80 Å². The van der Waals surface area contributed by atoms with Gasteiger partial charge in [-0.15, -0.1) is 0 Å². The van der Waals surface area contributed by atoms with Crippen LogP contribution in [0.5, 0.6) is 0 Å². The van der Waals surface area contributed by atoms with Gasteiger partial charge >= 0.3 is 0 Å². The summed E-state index contributed by atoms with van der Waals surface area (Å²) in [6.45, 7) is 13.6. The van der Waals surface area contributed by atoms with Crippen molar-refractivity contribution in [1.82, 2.24) is 0 Å². The summed E-state index contributed by atoms with van der Waals surface area (Å²) in [6.07, 6.45) is 0. The van der Waals surface area contributed by atoms with Gasteiger partial charge in [-0.05, 0) is 141 Å². The van der Waals surface area contributed by atoms with Crippen LogP contribution >= 0.6 is 0 Å². The summed E-state index contributed by atoms with van der Waals surface area (Å²) in [5, 5.41) is 14.6. The van der Waals surface area contributed by atoms with E-state index < -0.39 is 0 Å². The molecule has 384 valence electrons. The summed E-state index contributed by atoms with van der Waals surface area (Å²) in [7, 11) is 0. The third-order valence-corrected chi connectivity index (χ3v) is 16.7. The smallest absolute Gasteiger partial charge is 0.146 e. The highest BCUT2D eigenvalue weighted by atomic mass is 16.3. The summed E-state index contributed by atoms with van der Waals surface area (Å²) >= 11 is 0. The molecule has 0 fully saturated rings. The van der Waals surface area contributed by atoms with Crippen molar-refractivity contribution in [1.29, 1.82) is 0 Å². The van der Waals surface area contributed by atoms with E-state index in [9.17, 15) is 0 Å². The number of para-hydroxylation sites is 4. The van der Waals surface area contributed by atoms with Gasteiger partial charge in [0.1, 0.15) is 44.7 Å². The largest absolute Gasteiger partial charge is 0.456 e. The minimum Gasteiger partial charge on any atom is -0.456 e. The molecule has 0 aliphatic rings. The Hall–Kier alpha value is -9.78. The standard InChI is InChI=1S/C74H54N2O4/c1-73(2,3)43-27-31-45(32-28-43)75(47-35-37-65-55(39-47)51-19-9-13-23-61(51)77-65)59-41-57-49-17-7-8-18-50(49)58-42-60(68-54-22-12-16-26-64(54)80-72(68)70(58)69(57)71-67(59)53-21-11-15-25-63(53)79-71)76(46-33-29-44(30-34-46)74(4,5)6)48-36-38-66-56(40-48)52-20-10-14-24-62(52)78-66/h7-42H,1-6H3. The van der Waals surface area contributed by atoms with Gasteiger partial charge in [0.2, 0.25) is 0 Å². The Balaban J connectivity index is 1.05. The fourth-order valence-corrected chi connectivity index (χ4v) is 12.8. The van der Waals surface area contributed by atoms with E-state index in [4.69, 9.17) is 17.7 Å². The number of fused-ring (bicyclic) bond motifs is 20. The van der Waals surface area contributed by atoms with E-state index in [0.29, 0.717) is 0 Å². The maximum Gasteiger partial charge on any atom is 0.146 e. The molecule has 4 heterocycles. The van der Waals surface area contributed by atoms with Crippen LogP contribution in [0, 0.1) is 0 Å². The van der Waals surface area contributed by atoms with E-state index in [1.807, 2.05) is 24.3 Å². The Kier molecular flexibility index (Phi) is 9.76. The third kappa shape index (κ3) is 6.91. The molecule has 0 bridgehead atoms. The van der Waals surface area contributed by atoms with Crippen molar-refractivity contribution in [3.05, 3.63) is 230 Å². The maximum atomic E-state index is 7.41. The van der Waals surface area contributed by atoms with Gasteiger partial charge in [0.05, 0.1) is 22.1 Å². The summed E-state index contributed by atoms with van der Waals surface area (Å²) in [4.78, 5) is 4.83. The molecule has 6 nitrogen and oxygen atoms in total. The predicted molar refractivity (Wildman–Crippen MR) is 335 cm³/mol. The highest BCUT2D eigenvalue weighted by Gasteiger charge is 2.30. The van der Waals surface area contributed by atoms with Gasteiger partial charge in [0.25, 0.3) is 0 Å². The van der Waals surface area contributed by atoms with Crippen molar-refractivity contribution in [2.24, 2.45) is 0 Å². The fraction of sp³-hybridized carbons (Fsp3) is 0.108. The second kappa shape index (κ2) is 16.9. The minimum atomic E-state index is -0.0347. The molecule has 4 aromatic heterocycles. The number of anilines is 6. The lowest BCUT2D eigenvalue weighted by Crippen LogP contribution is -2.13. The van der Waals surface area contributed by atoms with Crippen molar-refractivity contribution in [3.8, 4) is 0 Å². The van der Waals surface area contributed by atoms with Crippen LogP contribution in [0.2, 0.25) is 0 Å². The molecule has 0 aliphatic carbocycles. The molecule has 0 saturated heterocycles. The second-order valence-electron chi connectivity index (χ2n) is 23.6. The van der Waals surface area contributed by atoms with Crippen molar-refractivity contribution in [2.45, 2.75) is 52.4 Å². The number of hydrogen-bond donors (Lipinski definition) is 0. The Labute approximate surface area is 461 Å². The quantitative estimate of drug-likeness (QED) is 0.155. The second-order valence-corrected chi connectivity index (χ2v) is 23.6. The first kappa shape index (κ1) is 46.3. The molecular formula is C74H54N2O4. The topological polar surface area (TPSA) is 59.0 Å². The predicted octanol–water partition coefficient (Wildman–Crippen LogP) is 22.3. The molecule has 16 rings (SSSR count). The normalized spacial score (nSPS) is 12.6. The molecule has 0 radical (unpaired) electrons. The van der Waals surface area contributed by atoms with Gasteiger partial charge in [0.15, 0.2) is 0 Å². The van der Waals surface area contributed by atoms with Crippen molar-refractivity contribution in [2.75, 3.05) is 9.80 Å². The van der Waals surface area contributed by atoms with Gasteiger partial charge in [-0.3, -0.25) is 0 Å². The number of nitrogens with zero attached hydrogens (tertiary/aromatic N) is 2. The molecular weight excluding hydrogens is 981 g/mol. The molecule has 0 spiro atoms. The van der Waals surface area contributed by atoms with Gasteiger partial charge in [-0.2, -0.15) is 0 Å². The molecule has 80 heavy (non-hydrogen) atoms. The highest BCUT2D eigenvalue weighted by Crippen LogP contribution is 2.54. The Morgan fingerprint density at radius 1 is 0.250 bits per heavy atom. The van der Waals surface area contributed by atoms with E-state index in [0.717, 1.165) is 154 Å². The number of hydrogen-bond acceptors (Lipinski definition) is 6. The molecule has 6 heteroatoms. The zero-order valence-electron chi connectivity index (χ0n) is 45.3. The molecule has 0 amide bonds. The number of furan rings is 4. The average molecular weight is 1040 g/mol. The maximum absolute atomic E-state index is 7.41. The van der Waals surface area contributed by atoms with E-state index in [-0.39, 0.29) is 10.8 Å². The van der Waals surface area contributed by atoms with Crippen molar-refractivity contribution >= 4 is 154 Å². The summed E-state index contributed by atoms with van der Waals surface area (Å²) < 4.78 is 27.7. The van der Waals surface area contributed by atoms with Gasteiger partial charge in [-0.25, -0.2) is 0 Å². The van der Waals surface area contributed by atoms with Crippen molar-refractivity contribution < 1.29 is 17.7 Å². The lowest BCUT2D eigenvalue weighted by atomic mass is 9.87. The summed E-state index contributed by atoms with van der Waals surface area (Å²) in [5.74, 6) is 0. The first-order valence-electron chi connectivity index (χ1n) is 27.6. The first-order chi connectivity index (χ1) is 38.9. The fourth-order valence-electron chi connectivity index (χ4n) is 12.8. The summed E-state index contributed by atoms with van der Waals surface area (Å²) in [5.41, 5.74) is 15.1. The molecule has 0 aliphatic heterocycles. The minimum absolute atomic E-state index is 0.0347. The number of benzene rings is 12. The van der Waals surface area contributed by atoms with Crippen molar-refractivity contribution in [3.63, 3.8) is 0 Å². The molecule has 0 unspecified atom stereocenters. The van der Waals surface area contributed by atoms with E-state index in [1.54, 1.807) is 0 Å². The van der Waals surface area contributed by atoms with Crippen LogP contribution in [0.4, 0.5) is 34.1 Å². The van der Waals surface area contributed by atoms with Crippen LogP contribution in [-0.2, 0) is 10.8 Å². The molecule has 0 saturated carbocycles. The Morgan fingerprint density at radius 3 is 0.938 bits per heavy atom. The zero-order valence-corrected chi connectivity index (χ0v) is 45.3. The van der Waals surface area contributed by atoms with Crippen LogP contribution in [0.25, 0.3) is 120 Å². The first-order valence-corrected chi connectivity index (χ1v) is 27.6. The third-order valence-electron chi connectivity index (χ3n) is 16.7. The van der Waals surface area contributed by atoms with Crippen LogP contribution in [-0.4, -0.2) is 0 Å². The van der Waals surface area contributed by atoms with Gasteiger partial charge < -0.3 is 27.5 Å². The molecule has 16 aromatic rings. The Morgan fingerprint density at radius 2 is 0.562 bits per heavy atom. The average Bonchev–Trinajstić information content (AvgIpc) is 4.36. The SMILES string of the molecule is CC(C)(C)c1ccc(N(c2ccc3oc4ccccc4c3c2)c2cc3c4ccccc4c4cc(N(c5ccc(C(C)(C)C)cc5)c5ccc6oc7ccccc7c6c5)c5c6ccccc6oc5c4c3c3oc4ccccc4c23)cc1. The summed E-state index contributed by atoms with van der Waals surface area (Å²) in [6, 6.07) is 78.6. The molecule has 0 atom stereocenters. The van der Waals surface area contributed by atoms with Gasteiger partial charge in [0, 0.05) is 65.8 Å². The lowest BCUT2D eigenvalue weighted by Gasteiger charge is -2.29. The molecule has 12 aromatic carbocycles. The Bertz CT molecular complexity index is 4880. The number of rotatable bonds is 6. The van der Waals surface area contributed by atoms with E-state index in [1.165, 1.54) is 11.1 Å². The van der Waals surface area contributed by atoms with E-state index >= 15 is 0 Å². The van der Waals surface area contributed by atoms with Crippen LogP contribution in [0.15, 0.2) is 236 Å². The lowest BCUT2D eigenvalue weighted by molar-refractivity contribution is 0.590. The highest BCUT2D eigenvalue weighted by molar-refractivity contribution is 6.40.